The molecular weight excluding hydrogens is 206 g/mol. The van der Waals surface area contributed by atoms with Gasteiger partial charge in [0.1, 0.15) is 0 Å². The second-order valence-corrected chi connectivity index (χ2v) is 2.93. The van der Waals surface area contributed by atoms with Gasteiger partial charge in [-0.3, -0.25) is 0 Å². The number of benzene rings is 1. The summed E-state index contributed by atoms with van der Waals surface area (Å²) in [7, 11) is 2.06. The van der Waals surface area contributed by atoms with Crippen molar-refractivity contribution < 1.29 is 0 Å². The second-order valence-electron chi connectivity index (χ2n) is 2.49. The fourth-order valence-corrected chi connectivity index (χ4v) is 1.00. The minimum atomic E-state index is 0.790. The molecule has 88 valence electrons. The quantitative estimate of drug-likeness (QED) is 0.701. The normalized spacial score (nSPS) is 7.93. The van der Waals surface area contributed by atoms with E-state index in [2.05, 4.69) is 18.9 Å². The van der Waals surface area contributed by atoms with Crippen molar-refractivity contribution in [2.24, 2.45) is 0 Å². The summed E-state index contributed by atoms with van der Waals surface area (Å²) in [5, 5.41) is 0.790. The Balaban J connectivity index is 0. The Kier molecular flexibility index (Phi) is 12.7. The van der Waals surface area contributed by atoms with Gasteiger partial charge in [-0.05, 0) is 31.2 Å². The van der Waals surface area contributed by atoms with Crippen molar-refractivity contribution in [1.82, 2.24) is 0 Å². The molecule has 0 amide bonds. The second kappa shape index (κ2) is 11.4. The van der Waals surface area contributed by atoms with Crippen LogP contribution in [0.3, 0.4) is 0 Å². The zero-order valence-corrected chi connectivity index (χ0v) is 11.6. The van der Waals surface area contributed by atoms with E-state index in [1.807, 2.05) is 52.0 Å². The molecule has 0 aliphatic heterocycles. The monoisotopic (exact) mass is 229 g/mol. The van der Waals surface area contributed by atoms with E-state index < -0.39 is 0 Å². The van der Waals surface area contributed by atoms with Crippen molar-refractivity contribution in [1.29, 1.82) is 0 Å². The average Bonchev–Trinajstić information content (AvgIpc) is 2.34. The van der Waals surface area contributed by atoms with Gasteiger partial charge in [-0.25, -0.2) is 0 Å². The third kappa shape index (κ3) is 7.26. The summed E-state index contributed by atoms with van der Waals surface area (Å²) in [4.78, 5) is 2.16. The van der Waals surface area contributed by atoms with E-state index in [9.17, 15) is 0 Å². The lowest BCUT2D eigenvalue weighted by Crippen LogP contribution is -2.15. The molecule has 0 aromatic heterocycles. The highest BCUT2D eigenvalue weighted by Gasteiger charge is 1.95. The zero-order valence-electron chi connectivity index (χ0n) is 10.8. The van der Waals surface area contributed by atoms with Crippen molar-refractivity contribution in [2.75, 3.05) is 18.5 Å². The maximum atomic E-state index is 5.74. The molecule has 15 heavy (non-hydrogen) atoms. The Morgan fingerprint density at radius 3 is 1.73 bits per heavy atom. The number of halogens is 1. The highest BCUT2D eigenvalue weighted by Crippen LogP contribution is 2.15. The molecule has 0 heterocycles. The molecule has 0 radical (unpaired) electrons. The number of anilines is 1. The third-order valence-electron chi connectivity index (χ3n) is 1.74. The van der Waals surface area contributed by atoms with Gasteiger partial charge in [-0.15, -0.1) is 0 Å². The van der Waals surface area contributed by atoms with Crippen molar-refractivity contribution in [3.63, 3.8) is 0 Å². The predicted molar refractivity (Wildman–Crippen MR) is 73.1 cm³/mol. The third-order valence-corrected chi connectivity index (χ3v) is 1.99. The minimum absolute atomic E-state index is 0.790. The lowest BCUT2D eigenvalue weighted by atomic mass is 10.3. The maximum absolute atomic E-state index is 5.74. The lowest BCUT2D eigenvalue weighted by Gasteiger charge is -2.16. The van der Waals surface area contributed by atoms with Gasteiger partial charge < -0.3 is 4.90 Å². The van der Waals surface area contributed by atoms with Crippen LogP contribution in [0, 0.1) is 0 Å². The van der Waals surface area contributed by atoms with Crippen molar-refractivity contribution in [2.45, 2.75) is 34.6 Å². The SMILES string of the molecule is CC.CC.CCN(C)c1ccc(Cl)cc1. The van der Waals surface area contributed by atoms with E-state index in [4.69, 9.17) is 11.6 Å². The molecule has 0 aliphatic carbocycles. The molecule has 1 nitrogen and oxygen atoms in total. The van der Waals surface area contributed by atoms with E-state index in [-0.39, 0.29) is 0 Å². The summed E-state index contributed by atoms with van der Waals surface area (Å²) in [5.41, 5.74) is 1.21. The first-order chi connectivity index (χ1) is 7.24. The smallest absolute Gasteiger partial charge is 0.0407 e. The molecule has 0 N–H and O–H groups in total. The fraction of sp³-hybridized carbons (Fsp3) is 0.538. The summed E-state index contributed by atoms with van der Waals surface area (Å²) in [6.45, 7) is 11.1. The summed E-state index contributed by atoms with van der Waals surface area (Å²) >= 11 is 5.74. The molecule has 1 aromatic carbocycles. The summed E-state index contributed by atoms with van der Waals surface area (Å²) in [6.07, 6.45) is 0. The lowest BCUT2D eigenvalue weighted by molar-refractivity contribution is 0.968. The largest absolute Gasteiger partial charge is 0.375 e. The van der Waals surface area contributed by atoms with Crippen LogP contribution in [-0.2, 0) is 0 Å². The number of nitrogens with zero attached hydrogens (tertiary/aromatic N) is 1. The van der Waals surface area contributed by atoms with E-state index in [1.165, 1.54) is 5.69 Å². The Bertz CT molecular complexity index is 218. The fourth-order valence-electron chi connectivity index (χ4n) is 0.878. The standard InChI is InChI=1S/C9H12ClN.2C2H6/c1-3-11(2)9-6-4-8(10)5-7-9;2*1-2/h4-7H,3H2,1-2H3;2*1-2H3. The average molecular weight is 230 g/mol. The molecule has 0 saturated heterocycles. The van der Waals surface area contributed by atoms with Gasteiger partial charge in [0, 0.05) is 24.3 Å². The molecule has 0 unspecified atom stereocenters. The summed E-state index contributed by atoms with van der Waals surface area (Å²) in [6, 6.07) is 7.85. The van der Waals surface area contributed by atoms with Crippen molar-refractivity contribution >= 4 is 17.3 Å². The van der Waals surface area contributed by atoms with Gasteiger partial charge in [0.2, 0.25) is 0 Å². The van der Waals surface area contributed by atoms with E-state index >= 15 is 0 Å². The van der Waals surface area contributed by atoms with Gasteiger partial charge >= 0.3 is 0 Å². The first kappa shape index (κ1) is 16.7. The Labute approximate surface area is 100 Å². The topological polar surface area (TPSA) is 3.24 Å². The van der Waals surface area contributed by atoms with Crippen LogP contribution in [0.5, 0.6) is 0 Å². The zero-order chi connectivity index (χ0) is 12.3. The maximum Gasteiger partial charge on any atom is 0.0407 e. The van der Waals surface area contributed by atoms with Crippen LogP contribution in [-0.4, -0.2) is 13.6 Å². The van der Waals surface area contributed by atoms with E-state index in [1.54, 1.807) is 0 Å². The van der Waals surface area contributed by atoms with Crippen LogP contribution in [0.1, 0.15) is 34.6 Å². The van der Waals surface area contributed by atoms with E-state index in [0.717, 1.165) is 11.6 Å². The molecule has 0 aliphatic rings. The van der Waals surface area contributed by atoms with Gasteiger partial charge in [0.15, 0.2) is 0 Å². The first-order valence-electron chi connectivity index (χ1n) is 5.70. The summed E-state index contributed by atoms with van der Waals surface area (Å²) in [5.74, 6) is 0. The molecule has 0 bridgehead atoms. The van der Waals surface area contributed by atoms with Gasteiger partial charge in [-0.1, -0.05) is 39.3 Å². The van der Waals surface area contributed by atoms with Crippen LogP contribution in [0.2, 0.25) is 5.02 Å². The van der Waals surface area contributed by atoms with Crippen molar-refractivity contribution in [3.05, 3.63) is 29.3 Å². The summed E-state index contributed by atoms with van der Waals surface area (Å²) < 4.78 is 0. The Morgan fingerprint density at radius 1 is 1.00 bits per heavy atom. The number of rotatable bonds is 2. The van der Waals surface area contributed by atoms with Crippen LogP contribution in [0.25, 0.3) is 0 Å². The Hall–Kier alpha value is -0.690. The molecule has 1 rings (SSSR count). The molecular formula is C13H24ClN. The van der Waals surface area contributed by atoms with Gasteiger partial charge in [-0.2, -0.15) is 0 Å². The van der Waals surface area contributed by atoms with E-state index in [0.29, 0.717) is 0 Å². The van der Waals surface area contributed by atoms with Crippen LogP contribution >= 0.6 is 11.6 Å². The highest BCUT2D eigenvalue weighted by molar-refractivity contribution is 6.30. The molecule has 0 fully saturated rings. The highest BCUT2D eigenvalue weighted by atomic mass is 35.5. The van der Waals surface area contributed by atoms with Crippen LogP contribution in [0.15, 0.2) is 24.3 Å². The number of hydrogen-bond acceptors (Lipinski definition) is 1. The van der Waals surface area contributed by atoms with Crippen LogP contribution < -0.4 is 4.90 Å². The number of hydrogen-bond donors (Lipinski definition) is 0. The minimum Gasteiger partial charge on any atom is -0.375 e. The Morgan fingerprint density at radius 2 is 1.40 bits per heavy atom. The van der Waals surface area contributed by atoms with Crippen LogP contribution in [0.4, 0.5) is 5.69 Å². The molecule has 0 atom stereocenters. The van der Waals surface area contributed by atoms with Gasteiger partial charge in [0.05, 0.1) is 0 Å². The van der Waals surface area contributed by atoms with Crippen molar-refractivity contribution in [3.8, 4) is 0 Å². The molecule has 1 aromatic rings. The molecule has 2 heteroatoms. The molecule has 0 saturated carbocycles. The predicted octanol–water partition coefficient (Wildman–Crippen LogP) is 4.85. The first-order valence-corrected chi connectivity index (χ1v) is 6.08. The molecule has 0 spiro atoms. The van der Waals surface area contributed by atoms with Gasteiger partial charge in [0.25, 0.3) is 0 Å².